The minimum Gasteiger partial charge on any atom is -0.491 e. The number of rotatable bonds is 7. The van der Waals surface area contributed by atoms with Crippen molar-refractivity contribution in [3.8, 4) is 5.75 Å². The Kier molecular flexibility index (Phi) is 5.95. The first-order valence-electron chi connectivity index (χ1n) is 10.3. The molecule has 0 amide bonds. The van der Waals surface area contributed by atoms with Gasteiger partial charge in [-0.05, 0) is 36.6 Å². The maximum absolute atomic E-state index is 11.7. The maximum Gasteiger partial charge on any atom is 0.119 e. The molecule has 2 unspecified atom stereocenters. The summed E-state index contributed by atoms with van der Waals surface area (Å²) in [7, 11) is 1.68. The summed E-state index contributed by atoms with van der Waals surface area (Å²) in [5.74, 6) is 1.41. The van der Waals surface area contributed by atoms with Crippen LogP contribution in [0.25, 0.3) is 0 Å². The number of ether oxygens (including phenoxy) is 2. The van der Waals surface area contributed by atoms with Crippen LogP contribution in [0.3, 0.4) is 0 Å². The molecule has 2 aromatic rings. The number of piperidine rings is 1. The molecule has 1 saturated heterocycles. The van der Waals surface area contributed by atoms with Gasteiger partial charge in [-0.2, -0.15) is 0 Å². The van der Waals surface area contributed by atoms with Crippen molar-refractivity contribution in [2.45, 2.75) is 31.4 Å². The second-order valence-corrected chi connectivity index (χ2v) is 8.07. The van der Waals surface area contributed by atoms with Crippen LogP contribution in [0.2, 0.25) is 0 Å². The van der Waals surface area contributed by atoms with Crippen LogP contribution in [-0.4, -0.2) is 48.4 Å². The standard InChI is InChI=1S/C23H30N2O3/c1-27-12-13-28-22-9-7-18(8-10-22)15-25-16-20-4-2-5-21(17-25)23(20,26)19-6-3-11-24-14-19/h3,6-11,14,20-21,26H,2,4-5,12-13,15-17H2,1H3. The zero-order valence-electron chi connectivity index (χ0n) is 16.6. The van der Waals surface area contributed by atoms with E-state index in [4.69, 9.17) is 9.47 Å². The first kappa shape index (κ1) is 19.4. The summed E-state index contributed by atoms with van der Waals surface area (Å²) < 4.78 is 10.7. The molecule has 5 heteroatoms. The minimum atomic E-state index is -0.734. The number of hydrogen-bond donors (Lipinski definition) is 1. The minimum absolute atomic E-state index is 0.265. The molecule has 1 aliphatic carbocycles. The predicted molar refractivity (Wildman–Crippen MR) is 108 cm³/mol. The molecule has 2 atom stereocenters. The van der Waals surface area contributed by atoms with Crippen molar-refractivity contribution in [3.63, 3.8) is 0 Å². The molecule has 4 rings (SSSR count). The highest BCUT2D eigenvalue weighted by atomic mass is 16.5. The Hall–Kier alpha value is -1.95. The van der Waals surface area contributed by atoms with E-state index < -0.39 is 5.60 Å². The van der Waals surface area contributed by atoms with Crippen molar-refractivity contribution in [2.75, 3.05) is 33.4 Å². The highest BCUT2D eigenvalue weighted by molar-refractivity contribution is 5.28. The van der Waals surface area contributed by atoms with E-state index in [9.17, 15) is 5.11 Å². The summed E-state index contributed by atoms with van der Waals surface area (Å²) in [5, 5.41) is 11.7. The van der Waals surface area contributed by atoms with Gasteiger partial charge in [0.05, 0.1) is 12.2 Å². The quantitative estimate of drug-likeness (QED) is 0.745. The van der Waals surface area contributed by atoms with E-state index in [1.807, 2.05) is 30.5 Å². The Morgan fingerprint density at radius 1 is 1.11 bits per heavy atom. The van der Waals surface area contributed by atoms with Crippen molar-refractivity contribution in [1.29, 1.82) is 0 Å². The topological polar surface area (TPSA) is 54.8 Å². The van der Waals surface area contributed by atoms with Gasteiger partial charge in [0.25, 0.3) is 0 Å². The molecular weight excluding hydrogens is 352 g/mol. The molecule has 1 aromatic heterocycles. The molecule has 2 fully saturated rings. The summed E-state index contributed by atoms with van der Waals surface area (Å²) in [6, 6.07) is 12.3. The van der Waals surface area contributed by atoms with Crippen LogP contribution in [0, 0.1) is 11.8 Å². The van der Waals surface area contributed by atoms with Gasteiger partial charge >= 0.3 is 0 Å². The van der Waals surface area contributed by atoms with Crippen LogP contribution in [0.4, 0.5) is 0 Å². The van der Waals surface area contributed by atoms with Crippen LogP contribution in [-0.2, 0) is 16.9 Å². The van der Waals surface area contributed by atoms with Crippen molar-refractivity contribution in [3.05, 3.63) is 59.9 Å². The summed E-state index contributed by atoms with van der Waals surface area (Å²) in [6.07, 6.45) is 6.98. The van der Waals surface area contributed by atoms with Gasteiger partial charge in [-0.1, -0.05) is 24.6 Å². The van der Waals surface area contributed by atoms with E-state index in [0.29, 0.717) is 13.2 Å². The molecule has 0 spiro atoms. The molecule has 150 valence electrons. The summed E-state index contributed by atoms with van der Waals surface area (Å²) in [4.78, 5) is 6.76. The number of benzene rings is 1. The molecular formula is C23H30N2O3. The smallest absolute Gasteiger partial charge is 0.119 e. The average Bonchev–Trinajstić information content (AvgIpc) is 2.71. The molecule has 2 bridgehead atoms. The molecule has 5 nitrogen and oxygen atoms in total. The first-order valence-corrected chi connectivity index (χ1v) is 10.3. The molecule has 1 aromatic carbocycles. The van der Waals surface area contributed by atoms with Crippen LogP contribution in [0.5, 0.6) is 5.75 Å². The van der Waals surface area contributed by atoms with Crippen molar-refractivity contribution >= 4 is 0 Å². The Morgan fingerprint density at radius 3 is 2.50 bits per heavy atom. The van der Waals surface area contributed by atoms with Gasteiger partial charge in [-0.3, -0.25) is 9.88 Å². The zero-order chi connectivity index (χ0) is 19.4. The fourth-order valence-corrected chi connectivity index (χ4v) is 4.94. The van der Waals surface area contributed by atoms with Gasteiger partial charge in [0.1, 0.15) is 12.4 Å². The van der Waals surface area contributed by atoms with E-state index in [-0.39, 0.29) is 11.8 Å². The summed E-state index contributed by atoms with van der Waals surface area (Å²) in [5.41, 5.74) is 1.54. The number of pyridine rings is 1. The number of nitrogens with zero attached hydrogens (tertiary/aromatic N) is 2. The lowest BCUT2D eigenvalue weighted by atomic mass is 9.63. The Labute approximate surface area is 167 Å². The molecule has 28 heavy (non-hydrogen) atoms. The summed E-state index contributed by atoms with van der Waals surface area (Å²) in [6.45, 7) is 3.92. The molecule has 1 saturated carbocycles. The number of aliphatic hydroxyl groups is 1. The lowest BCUT2D eigenvalue weighted by molar-refractivity contribution is -0.148. The number of aromatic nitrogens is 1. The van der Waals surface area contributed by atoms with E-state index in [0.717, 1.165) is 43.8 Å². The van der Waals surface area contributed by atoms with Crippen LogP contribution in [0.1, 0.15) is 30.4 Å². The third kappa shape index (κ3) is 3.93. The van der Waals surface area contributed by atoms with Gasteiger partial charge in [0.15, 0.2) is 0 Å². The normalized spacial score (nSPS) is 27.5. The third-order valence-corrected chi connectivity index (χ3v) is 6.32. The third-order valence-electron chi connectivity index (χ3n) is 6.32. The van der Waals surface area contributed by atoms with E-state index in [1.54, 1.807) is 13.3 Å². The Morgan fingerprint density at radius 2 is 1.86 bits per heavy atom. The van der Waals surface area contributed by atoms with Crippen LogP contribution in [0.15, 0.2) is 48.8 Å². The van der Waals surface area contributed by atoms with Gasteiger partial charge in [0, 0.05) is 56.5 Å². The van der Waals surface area contributed by atoms with Gasteiger partial charge < -0.3 is 14.6 Å². The predicted octanol–water partition coefficient (Wildman–Crippen LogP) is 3.23. The largest absolute Gasteiger partial charge is 0.491 e. The number of hydrogen-bond acceptors (Lipinski definition) is 5. The zero-order valence-corrected chi connectivity index (χ0v) is 16.6. The van der Waals surface area contributed by atoms with E-state index >= 15 is 0 Å². The molecule has 2 aliphatic rings. The second-order valence-electron chi connectivity index (χ2n) is 8.07. The molecule has 1 N–H and O–H groups in total. The lowest BCUT2D eigenvalue weighted by Crippen LogP contribution is -2.57. The highest BCUT2D eigenvalue weighted by Gasteiger charge is 2.51. The summed E-state index contributed by atoms with van der Waals surface area (Å²) >= 11 is 0. The second kappa shape index (κ2) is 8.60. The van der Waals surface area contributed by atoms with Gasteiger partial charge in [0.2, 0.25) is 0 Å². The fraction of sp³-hybridized carbons (Fsp3) is 0.522. The van der Waals surface area contributed by atoms with Crippen molar-refractivity contribution in [1.82, 2.24) is 9.88 Å². The van der Waals surface area contributed by atoms with Crippen molar-refractivity contribution < 1.29 is 14.6 Å². The Balaban J connectivity index is 1.42. The number of likely N-dealkylation sites (tertiary alicyclic amines) is 1. The van der Waals surface area contributed by atoms with Gasteiger partial charge in [-0.25, -0.2) is 0 Å². The highest BCUT2D eigenvalue weighted by Crippen LogP contribution is 2.49. The van der Waals surface area contributed by atoms with Crippen LogP contribution < -0.4 is 4.74 Å². The van der Waals surface area contributed by atoms with Crippen LogP contribution >= 0.6 is 0 Å². The molecule has 0 radical (unpaired) electrons. The van der Waals surface area contributed by atoms with E-state index in [2.05, 4.69) is 22.0 Å². The van der Waals surface area contributed by atoms with Crippen molar-refractivity contribution in [2.24, 2.45) is 11.8 Å². The maximum atomic E-state index is 11.7. The van der Waals surface area contributed by atoms with E-state index in [1.165, 1.54) is 12.0 Å². The first-order chi connectivity index (χ1) is 13.7. The van der Waals surface area contributed by atoms with Gasteiger partial charge in [-0.15, -0.1) is 0 Å². The average molecular weight is 383 g/mol. The molecule has 2 heterocycles. The fourth-order valence-electron chi connectivity index (χ4n) is 4.94. The lowest BCUT2D eigenvalue weighted by Gasteiger charge is -2.53. The number of fused-ring (bicyclic) bond motifs is 2. The Bertz CT molecular complexity index is 736. The SMILES string of the molecule is COCCOc1ccc(CN2CC3CCCC(C2)C3(O)c2cccnc2)cc1. The number of methoxy groups -OCH3 is 1. The molecule has 1 aliphatic heterocycles. The monoisotopic (exact) mass is 382 g/mol.